The predicted molar refractivity (Wildman–Crippen MR) is 59.6 cm³/mol. The Hall–Kier alpha value is -0.650. The van der Waals surface area contributed by atoms with Gasteiger partial charge >= 0.3 is 6.18 Å². The molecule has 0 unspecified atom stereocenters. The average Bonchev–Trinajstić information content (AvgIpc) is 2.19. The van der Waals surface area contributed by atoms with Gasteiger partial charge in [0.15, 0.2) is 0 Å². The Balaban J connectivity index is 2.58. The van der Waals surface area contributed by atoms with Crippen LogP contribution in [0.3, 0.4) is 0 Å². The molecule has 1 heterocycles. The van der Waals surface area contributed by atoms with Crippen LogP contribution >= 0.6 is 0 Å². The fourth-order valence-corrected chi connectivity index (χ4v) is 1.90. The molecule has 0 spiro atoms. The molecule has 18 heavy (non-hydrogen) atoms. The van der Waals surface area contributed by atoms with Gasteiger partial charge in [0.1, 0.15) is 0 Å². The first-order chi connectivity index (χ1) is 7.98. The Morgan fingerprint density at radius 3 is 1.94 bits per heavy atom. The van der Waals surface area contributed by atoms with E-state index in [2.05, 4.69) is 6.58 Å². The highest BCUT2D eigenvalue weighted by molar-refractivity contribution is 5.05. The molecule has 0 aliphatic carbocycles. The first-order valence-corrected chi connectivity index (χ1v) is 5.81. The number of nitrogens with zero attached hydrogens (tertiary/aromatic N) is 1. The van der Waals surface area contributed by atoms with Gasteiger partial charge in [0.2, 0.25) is 0 Å². The van der Waals surface area contributed by atoms with E-state index in [1.807, 2.05) is 0 Å². The van der Waals surface area contributed by atoms with Gasteiger partial charge in [0.25, 0.3) is 5.92 Å². The van der Waals surface area contributed by atoms with Crippen LogP contribution in [0.5, 0.6) is 0 Å². The molecular weight excluding hydrogens is 253 g/mol. The van der Waals surface area contributed by atoms with Crippen LogP contribution in [0.25, 0.3) is 0 Å². The first-order valence-electron chi connectivity index (χ1n) is 5.81. The van der Waals surface area contributed by atoms with Crippen molar-refractivity contribution in [2.75, 3.05) is 19.6 Å². The summed E-state index contributed by atoms with van der Waals surface area (Å²) in [7, 11) is 0. The summed E-state index contributed by atoms with van der Waals surface area (Å²) < 4.78 is 65.0. The zero-order valence-electron chi connectivity index (χ0n) is 10.6. The maximum atomic E-state index is 13.4. The lowest BCUT2D eigenvalue weighted by molar-refractivity contribution is -0.232. The quantitative estimate of drug-likeness (QED) is 0.556. The van der Waals surface area contributed by atoms with Crippen molar-refractivity contribution in [2.24, 2.45) is 5.41 Å². The van der Waals surface area contributed by atoms with E-state index >= 15 is 0 Å². The van der Waals surface area contributed by atoms with E-state index in [9.17, 15) is 22.0 Å². The molecule has 1 fully saturated rings. The first kappa shape index (κ1) is 15.4. The molecular formula is C12H18F5N. The number of rotatable bonds is 3. The third-order valence-corrected chi connectivity index (χ3v) is 3.69. The Bertz CT molecular complexity index is 313. The highest BCUT2D eigenvalue weighted by atomic mass is 19.4. The molecule has 1 nitrogen and oxygen atoms in total. The van der Waals surface area contributed by atoms with Gasteiger partial charge in [-0.25, -0.2) is 8.78 Å². The normalized spacial score (nSPS) is 21.9. The average molecular weight is 271 g/mol. The van der Waals surface area contributed by atoms with Crippen molar-refractivity contribution >= 4 is 0 Å². The summed E-state index contributed by atoms with van der Waals surface area (Å²) in [5.74, 6) is -3.04. The molecule has 0 saturated carbocycles. The molecule has 0 aromatic rings. The molecule has 0 amide bonds. The van der Waals surface area contributed by atoms with Crippen molar-refractivity contribution < 1.29 is 22.0 Å². The number of alkyl halides is 5. The van der Waals surface area contributed by atoms with Gasteiger partial charge < -0.3 is 0 Å². The highest BCUT2D eigenvalue weighted by Crippen LogP contribution is 2.46. The van der Waals surface area contributed by atoms with E-state index in [1.54, 1.807) is 0 Å². The molecule has 0 N–H and O–H groups in total. The van der Waals surface area contributed by atoms with Gasteiger partial charge in [-0.3, -0.25) is 4.90 Å². The monoisotopic (exact) mass is 271 g/mol. The third kappa shape index (κ3) is 3.22. The molecule has 106 valence electrons. The van der Waals surface area contributed by atoms with Gasteiger partial charge in [0.05, 0.1) is 12.0 Å². The topological polar surface area (TPSA) is 3.24 Å². The molecule has 0 radical (unpaired) electrons. The number of halogens is 5. The van der Waals surface area contributed by atoms with Crippen LogP contribution in [0.4, 0.5) is 22.0 Å². The predicted octanol–water partition coefficient (Wildman–Crippen LogP) is 3.86. The van der Waals surface area contributed by atoms with E-state index in [0.717, 1.165) is 6.92 Å². The Morgan fingerprint density at radius 2 is 1.61 bits per heavy atom. The second kappa shape index (κ2) is 4.79. The van der Waals surface area contributed by atoms with Gasteiger partial charge in [-0.05, 0) is 38.4 Å². The standard InChI is InChI=1S/C12H18F5N/c1-9(2)11(13,14)8-18-6-4-10(3,5-7-18)12(15,16)17/h1,4-8H2,2-3H3. The fraction of sp³-hybridized carbons (Fsp3) is 0.833. The van der Waals surface area contributed by atoms with Crippen molar-refractivity contribution in [3.8, 4) is 0 Å². The smallest absolute Gasteiger partial charge is 0.297 e. The van der Waals surface area contributed by atoms with Crippen molar-refractivity contribution in [1.82, 2.24) is 4.90 Å². The van der Waals surface area contributed by atoms with Crippen molar-refractivity contribution in [3.05, 3.63) is 12.2 Å². The van der Waals surface area contributed by atoms with Crippen LogP contribution in [-0.2, 0) is 0 Å². The summed E-state index contributed by atoms with van der Waals surface area (Å²) in [5, 5.41) is 0. The molecule has 1 rings (SSSR count). The van der Waals surface area contributed by atoms with E-state index < -0.39 is 24.1 Å². The van der Waals surface area contributed by atoms with Gasteiger partial charge in [-0.2, -0.15) is 13.2 Å². The molecule has 1 saturated heterocycles. The minimum atomic E-state index is -4.27. The van der Waals surface area contributed by atoms with E-state index in [4.69, 9.17) is 0 Å². The van der Waals surface area contributed by atoms with Crippen molar-refractivity contribution in [2.45, 2.75) is 38.8 Å². The fourth-order valence-electron chi connectivity index (χ4n) is 1.90. The Morgan fingerprint density at radius 1 is 1.17 bits per heavy atom. The van der Waals surface area contributed by atoms with Gasteiger partial charge in [0, 0.05) is 0 Å². The SMILES string of the molecule is C=C(C)C(F)(F)CN1CCC(C)(C(F)(F)F)CC1. The second-order valence-electron chi connectivity index (χ2n) is 5.32. The van der Waals surface area contributed by atoms with E-state index in [-0.39, 0.29) is 31.5 Å². The molecule has 1 aliphatic heterocycles. The zero-order valence-corrected chi connectivity index (χ0v) is 10.6. The lowest BCUT2D eigenvalue weighted by Gasteiger charge is -2.41. The summed E-state index contributed by atoms with van der Waals surface area (Å²) >= 11 is 0. The minimum Gasteiger partial charge on any atom is -0.297 e. The number of likely N-dealkylation sites (tertiary alicyclic amines) is 1. The van der Waals surface area contributed by atoms with Crippen molar-refractivity contribution in [3.63, 3.8) is 0 Å². The molecule has 0 aromatic carbocycles. The maximum absolute atomic E-state index is 13.4. The molecule has 0 bridgehead atoms. The van der Waals surface area contributed by atoms with Crippen LogP contribution in [0.15, 0.2) is 12.2 Å². The minimum absolute atomic E-state index is 0.0406. The summed E-state index contributed by atoms with van der Waals surface area (Å²) in [4.78, 5) is 1.38. The van der Waals surface area contributed by atoms with Gasteiger partial charge in [-0.1, -0.05) is 13.5 Å². The summed E-state index contributed by atoms with van der Waals surface area (Å²) in [5.41, 5.74) is -2.01. The molecule has 0 aromatic heterocycles. The summed E-state index contributed by atoms with van der Waals surface area (Å²) in [6.45, 7) is 5.12. The Labute approximate surface area is 104 Å². The number of piperidine rings is 1. The van der Waals surface area contributed by atoms with Crippen LogP contribution < -0.4 is 0 Å². The van der Waals surface area contributed by atoms with Crippen molar-refractivity contribution in [1.29, 1.82) is 0 Å². The highest BCUT2D eigenvalue weighted by Gasteiger charge is 2.52. The maximum Gasteiger partial charge on any atom is 0.394 e. The number of hydrogen-bond acceptors (Lipinski definition) is 1. The van der Waals surface area contributed by atoms with Crippen LogP contribution in [-0.4, -0.2) is 36.6 Å². The molecule has 0 atom stereocenters. The van der Waals surface area contributed by atoms with Gasteiger partial charge in [-0.15, -0.1) is 0 Å². The van der Waals surface area contributed by atoms with Crippen LogP contribution in [0.1, 0.15) is 26.7 Å². The number of hydrogen-bond donors (Lipinski definition) is 0. The zero-order chi connectivity index (χ0) is 14.2. The van der Waals surface area contributed by atoms with Crippen LogP contribution in [0.2, 0.25) is 0 Å². The van der Waals surface area contributed by atoms with E-state index in [1.165, 1.54) is 11.8 Å². The second-order valence-corrected chi connectivity index (χ2v) is 5.32. The van der Waals surface area contributed by atoms with E-state index in [0.29, 0.717) is 0 Å². The summed E-state index contributed by atoms with van der Waals surface area (Å²) in [6, 6.07) is 0. The third-order valence-electron chi connectivity index (χ3n) is 3.69. The lowest BCUT2D eigenvalue weighted by atomic mass is 9.79. The van der Waals surface area contributed by atoms with Crippen LogP contribution in [0, 0.1) is 5.41 Å². The largest absolute Gasteiger partial charge is 0.394 e. The molecule has 6 heteroatoms. The Kier molecular flexibility index (Phi) is 4.10. The molecule has 1 aliphatic rings. The lowest BCUT2D eigenvalue weighted by Crippen LogP contribution is -2.49. The summed E-state index contributed by atoms with van der Waals surface area (Å²) in [6.07, 6.45) is -4.54.